The number of carbonyl (C=O) groups is 1. The molecule has 7 nitrogen and oxygen atoms in total. The van der Waals surface area contributed by atoms with E-state index in [1.165, 1.54) is 5.56 Å². The number of piperazine rings is 1. The Morgan fingerprint density at radius 2 is 1.91 bits per heavy atom. The number of fused-ring (bicyclic) bond motifs is 1. The van der Waals surface area contributed by atoms with Crippen LogP contribution in [0.5, 0.6) is 0 Å². The van der Waals surface area contributed by atoms with Gasteiger partial charge in [0.25, 0.3) is 5.91 Å². The topological polar surface area (TPSA) is 77.1 Å². The van der Waals surface area contributed by atoms with Crippen molar-refractivity contribution in [1.82, 2.24) is 25.0 Å². The molecule has 0 radical (unpaired) electrons. The lowest BCUT2D eigenvalue weighted by Crippen LogP contribution is -2.43. The molecule has 5 rings (SSSR count). The fraction of sp³-hybridized carbons (Fsp3) is 0.250. The molecular formula is C28H30N6O. The number of nitrogens with one attached hydrogen (secondary N) is 2. The predicted octanol–water partition coefficient (Wildman–Crippen LogP) is 4.44. The molecule has 1 aliphatic heterocycles. The van der Waals surface area contributed by atoms with Crippen molar-refractivity contribution in [3.8, 4) is 0 Å². The van der Waals surface area contributed by atoms with Crippen molar-refractivity contribution in [3.05, 3.63) is 88.9 Å². The zero-order valence-electron chi connectivity index (χ0n) is 20.2. The maximum Gasteiger partial charge on any atom is 0.274 e. The summed E-state index contributed by atoms with van der Waals surface area (Å²) >= 11 is 0. The second-order valence-corrected chi connectivity index (χ2v) is 9.10. The Hall–Kier alpha value is -3.81. The molecule has 0 atom stereocenters. The minimum atomic E-state index is -0.231. The lowest BCUT2D eigenvalue weighted by molar-refractivity contribution is 0.102. The first-order chi connectivity index (χ1) is 17.1. The first-order valence-electron chi connectivity index (χ1n) is 11.9. The highest BCUT2D eigenvalue weighted by atomic mass is 16.1. The lowest BCUT2D eigenvalue weighted by Gasteiger charge is -2.32. The van der Waals surface area contributed by atoms with Gasteiger partial charge in [0.1, 0.15) is 5.69 Å². The summed E-state index contributed by atoms with van der Waals surface area (Å²) in [6.45, 7) is 7.42. The maximum atomic E-state index is 12.6. The molecule has 1 saturated heterocycles. The number of amides is 1. The van der Waals surface area contributed by atoms with Crippen LogP contribution in [0.3, 0.4) is 0 Å². The second kappa shape index (κ2) is 10.2. The van der Waals surface area contributed by atoms with E-state index in [1.807, 2.05) is 25.1 Å². The third-order valence-electron chi connectivity index (χ3n) is 6.55. The van der Waals surface area contributed by atoms with E-state index >= 15 is 0 Å². The fourth-order valence-electron chi connectivity index (χ4n) is 4.49. The van der Waals surface area contributed by atoms with E-state index in [2.05, 4.69) is 67.7 Å². The Bertz CT molecular complexity index is 1350. The molecule has 2 aromatic heterocycles. The zero-order chi connectivity index (χ0) is 24.2. The number of aromatic amines is 1. The van der Waals surface area contributed by atoms with Crippen LogP contribution in [0.2, 0.25) is 0 Å². The molecule has 0 unspecified atom stereocenters. The number of aryl methyl sites for hydroxylation is 1. The van der Waals surface area contributed by atoms with Crippen LogP contribution in [-0.4, -0.2) is 64.1 Å². The van der Waals surface area contributed by atoms with Gasteiger partial charge in [0.05, 0.1) is 11.2 Å². The van der Waals surface area contributed by atoms with Gasteiger partial charge in [0, 0.05) is 50.0 Å². The molecule has 2 N–H and O–H groups in total. The van der Waals surface area contributed by atoms with Crippen LogP contribution in [-0.2, 0) is 6.54 Å². The van der Waals surface area contributed by atoms with E-state index in [-0.39, 0.29) is 5.91 Å². The van der Waals surface area contributed by atoms with Gasteiger partial charge in [-0.15, -0.1) is 0 Å². The molecule has 2 aromatic carbocycles. The van der Waals surface area contributed by atoms with Crippen LogP contribution in [0.4, 0.5) is 5.69 Å². The number of benzene rings is 2. The highest BCUT2D eigenvalue weighted by Gasteiger charge is 2.15. The number of aromatic nitrogens is 3. The van der Waals surface area contributed by atoms with Crippen LogP contribution in [0.1, 0.15) is 32.9 Å². The Balaban J connectivity index is 1.34. The van der Waals surface area contributed by atoms with E-state index in [1.54, 1.807) is 24.4 Å². The van der Waals surface area contributed by atoms with Gasteiger partial charge in [-0.3, -0.25) is 19.8 Å². The zero-order valence-corrected chi connectivity index (χ0v) is 20.2. The van der Waals surface area contributed by atoms with Gasteiger partial charge >= 0.3 is 0 Å². The monoisotopic (exact) mass is 466 g/mol. The highest BCUT2D eigenvalue weighted by Crippen LogP contribution is 2.28. The number of likely N-dealkylation sites (N-methyl/N-ethyl adjacent to an activating group) is 1. The van der Waals surface area contributed by atoms with Gasteiger partial charge in [0.15, 0.2) is 0 Å². The Kier molecular flexibility index (Phi) is 6.70. The Morgan fingerprint density at radius 3 is 2.71 bits per heavy atom. The third kappa shape index (κ3) is 5.31. The summed E-state index contributed by atoms with van der Waals surface area (Å²) in [5.41, 5.74) is 6.33. The summed E-state index contributed by atoms with van der Waals surface area (Å²) in [6, 6.07) is 17.8. The number of nitrogens with zero attached hydrogens (tertiary/aromatic N) is 4. The summed E-state index contributed by atoms with van der Waals surface area (Å²) in [5, 5.41) is 11.6. The average Bonchev–Trinajstić information content (AvgIpc) is 3.30. The predicted molar refractivity (Wildman–Crippen MR) is 141 cm³/mol. The van der Waals surface area contributed by atoms with Crippen LogP contribution in [0.15, 0.2) is 60.8 Å². The number of pyridine rings is 1. The van der Waals surface area contributed by atoms with E-state index in [0.29, 0.717) is 5.69 Å². The number of anilines is 1. The first kappa shape index (κ1) is 23.0. The molecule has 7 heteroatoms. The molecule has 1 amide bonds. The fourth-order valence-corrected chi connectivity index (χ4v) is 4.49. The summed E-state index contributed by atoms with van der Waals surface area (Å²) in [5.74, 6) is -0.231. The summed E-state index contributed by atoms with van der Waals surface area (Å²) < 4.78 is 0. The molecule has 0 bridgehead atoms. The van der Waals surface area contributed by atoms with E-state index < -0.39 is 0 Å². The van der Waals surface area contributed by atoms with Crippen molar-refractivity contribution in [3.63, 3.8) is 0 Å². The van der Waals surface area contributed by atoms with Gasteiger partial charge in [0.2, 0.25) is 0 Å². The molecule has 0 aliphatic carbocycles. The van der Waals surface area contributed by atoms with Gasteiger partial charge in [-0.25, -0.2) is 0 Å². The van der Waals surface area contributed by atoms with Crippen LogP contribution >= 0.6 is 0 Å². The summed E-state index contributed by atoms with van der Waals surface area (Å²) in [4.78, 5) is 21.6. The number of hydrogen-bond acceptors (Lipinski definition) is 5. The first-order valence-corrected chi connectivity index (χ1v) is 11.9. The summed E-state index contributed by atoms with van der Waals surface area (Å²) in [7, 11) is 2.18. The van der Waals surface area contributed by atoms with Gasteiger partial charge in [-0.2, -0.15) is 5.10 Å². The van der Waals surface area contributed by atoms with Crippen LogP contribution in [0.25, 0.3) is 23.1 Å². The SMILES string of the molecule is Cc1c(NC(=O)c2ccccn2)ccc2[nH]nc(C=Cc3cccc(CN4CCN(C)CC4)c3)c12. The molecule has 35 heavy (non-hydrogen) atoms. The largest absolute Gasteiger partial charge is 0.320 e. The molecular weight excluding hydrogens is 436 g/mol. The molecule has 178 valence electrons. The van der Waals surface area contributed by atoms with Crippen LogP contribution in [0, 0.1) is 6.92 Å². The van der Waals surface area contributed by atoms with Crippen molar-refractivity contribution in [2.24, 2.45) is 0 Å². The smallest absolute Gasteiger partial charge is 0.274 e. The Labute approximate surface area is 205 Å². The molecule has 1 aliphatic rings. The van der Waals surface area contributed by atoms with Crippen molar-refractivity contribution in [2.75, 3.05) is 38.5 Å². The quantitative estimate of drug-likeness (QED) is 0.439. The number of H-pyrrole nitrogens is 1. The van der Waals surface area contributed by atoms with Gasteiger partial charge in [-0.1, -0.05) is 36.4 Å². The van der Waals surface area contributed by atoms with Crippen LogP contribution < -0.4 is 5.32 Å². The number of rotatable bonds is 6. The Morgan fingerprint density at radius 1 is 1.06 bits per heavy atom. The van der Waals surface area contributed by atoms with Crippen molar-refractivity contribution in [2.45, 2.75) is 13.5 Å². The number of carbonyl (C=O) groups excluding carboxylic acids is 1. The van der Waals surface area contributed by atoms with Gasteiger partial charge in [-0.05, 0) is 61.0 Å². The molecule has 4 aromatic rings. The number of hydrogen-bond donors (Lipinski definition) is 2. The maximum absolute atomic E-state index is 12.6. The lowest BCUT2D eigenvalue weighted by atomic mass is 10.0. The summed E-state index contributed by atoms with van der Waals surface area (Å²) in [6.07, 6.45) is 5.75. The third-order valence-corrected chi connectivity index (χ3v) is 6.55. The normalized spacial score (nSPS) is 15.1. The molecule has 1 fully saturated rings. The molecule has 0 spiro atoms. The van der Waals surface area contributed by atoms with Crippen molar-refractivity contribution >= 4 is 34.6 Å². The highest BCUT2D eigenvalue weighted by molar-refractivity contribution is 6.05. The molecule has 3 heterocycles. The van der Waals surface area contributed by atoms with E-state index in [0.717, 1.165) is 66.1 Å². The van der Waals surface area contributed by atoms with E-state index in [9.17, 15) is 4.79 Å². The van der Waals surface area contributed by atoms with Crippen molar-refractivity contribution < 1.29 is 4.79 Å². The second-order valence-electron chi connectivity index (χ2n) is 9.10. The van der Waals surface area contributed by atoms with Gasteiger partial charge < -0.3 is 10.2 Å². The average molecular weight is 467 g/mol. The minimum absolute atomic E-state index is 0.231. The van der Waals surface area contributed by atoms with Crippen molar-refractivity contribution in [1.29, 1.82) is 0 Å². The van der Waals surface area contributed by atoms with E-state index in [4.69, 9.17) is 0 Å². The molecule has 0 saturated carbocycles. The minimum Gasteiger partial charge on any atom is -0.320 e. The standard InChI is InChI=1S/C28H30N6O/c1-20-23(30-28(35)26-8-3-4-13-29-26)11-12-25-27(20)24(31-32-25)10-9-21-6-5-7-22(18-21)19-34-16-14-33(2)15-17-34/h3-13,18H,14-17,19H2,1-2H3,(H,30,35)(H,31,32).